The first-order valence-corrected chi connectivity index (χ1v) is 7.45. The number of amides is 4. The number of hydrogen-bond donors (Lipinski definition) is 0. The van der Waals surface area contributed by atoms with E-state index in [4.69, 9.17) is 0 Å². The lowest BCUT2D eigenvalue weighted by Gasteiger charge is -2.34. The summed E-state index contributed by atoms with van der Waals surface area (Å²) in [5.74, 6) is -0.276. The quantitative estimate of drug-likeness (QED) is 0.772. The van der Waals surface area contributed by atoms with E-state index in [9.17, 15) is 14.4 Å². The van der Waals surface area contributed by atoms with Crippen molar-refractivity contribution in [1.29, 1.82) is 0 Å². The van der Waals surface area contributed by atoms with E-state index in [1.807, 2.05) is 37.3 Å². The van der Waals surface area contributed by atoms with Crippen LogP contribution >= 0.6 is 0 Å². The molecule has 0 aromatic heterocycles. The van der Waals surface area contributed by atoms with Crippen LogP contribution in [-0.2, 0) is 9.59 Å². The minimum absolute atomic E-state index is 0.0607. The summed E-state index contributed by atoms with van der Waals surface area (Å²) in [5, 5.41) is 0. The van der Waals surface area contributed by atoms with Gasteiger partial charge < -0.3 is 9.80 Å². The zero-order valence-corrected chi connectivity index (χ0v) is 12.7. The standard InChI is InChI=1S/C16H19N3O3/c1-11(13-6-4-3-5-7-13)19-15(21)14-10-17(12(2)20)8-9-18(14)16(19)22/h3-7,11,14H,8-10H2,1-2H3/t11-,14+/m0/s1. The maximum Gasteiger partial charge on any atom is 0.328 e. The highest BCUT2D eigenvalue weighted by molar-refractivity contribution is 6.05. The largest absolute Gasteiger partial charge is 0.339 e. The predicted molar refractivity (Wildman–Crippen MR) is 79.8 cm³/mol. The van der Waals surface area contributed by atoms with E-state index in [-0.39, 0.29) is 30.4 Å². The summed E-state index contributed by atoms with van der Waals surface area (Å²) in [6.45, 7) is 4.52. The highest BCUT2D eigenvalue weighted by Crippen LogP contribution is 2.30. The third-order valence-corrected chi connectivity index (χ3v) is 4.47. The van der Waals surface area contributed by atoms with Crippen LogP contribution in [0.2, 0.25) is 0 Å². The van der Waals surface area contributed by atoms with E-state index in [2.05, 4.69) is 0 Å². The van der Waals surface area contributed by atoms with Crippen LogP contribution < -0.4 is 0 Å². The summed E-state index contributed by atoms with van der Waals surface area (Å²) in [6.07, 6.45) is 0. The van der Waals surface area contributed by atoms with Crippen molar-refractivity contribution in [2.24, 2.45) is 0 Å². The van der Waals surface area contributed by atoms with Gasteiger partial charge in [0.15, 0.2) is 0 Å². The van der Waals surface area contributed by atoms with E-state index in [0.29, 0.717) is 13.1 Å². The number of carbonyl (C=O) groups is 3. The summed E-state index contributed by atoms with van der Waals surface area (Å²) in [6, 6.07) is 8.39. The second kappa shape index (κ2) is 5.44. The first-order valence-electron chi connectivity index (χ1n) is 7.45. The fourth-order valence-corrected chi connectivity index (χ4v) is 3.14. The molecule has 2 heterocycles. The number of carbonyl (C=O) groups excluding carboxylic acids is 3. The van der Waals surface area contributed by atoms with Crippen molar-refractivity contribution in [3.63, 3.8) is 0 Å². The molecule has 2 aliphatic rings. The smallest absolute Gasteiger partial charge is 0.328 e. The zero-order valence-electron chi connectivity index (χ0n) is 12.7. The second-order valence-corrected chi connectivity index (χ2v) is 5.75. The molecule has 0 spiro atoms. The van der Waals surface area contributed by atoms with Crippen molar-refractivity contribution < 1.29 is 14.4 Å². The fourth-order valence-electron chi connectivity index (χ4n) is 3.14. The number of piperazine rings is 1. The van der Waals surface area contributed by atoms with Gasteiger partial charge in [0, 0.05) is 20.0 Å². The third-order valence-electron chi connectivity index (χ3n) is 4.47. The number of fused-ring (bicyclic) bond motifs is 1. The van der Waals surface area contributed by atoms with Gasteiger partial charge in [-0.1, -0.05) is 30.3 Å². The fraction of sp³-hybridized carbons (Fsp3) is 0.438. The molecular formula is C16H19N3O3. The van der Waals surface area contributed by atoms with Gasteiger partial charge in [-0.3, -0.25) is 14.5 Å². The molecule has 0 saturated carbocycles. The molecule has 0 unspecified atom stereocenters. The Bertz CT molecular complexity index is 616. The van der Waals surface area contributed by atoms with Crippen molar-refractivity contribution in [2.45, 2.75) is 25.9 Å². The normalized spacial score (nSPS) is 22.8. The van der Waals surface area contributed by atoms with Crippen LogP contribution in [0.25, 0.3) is 0 Å². The number of hydrogen-bond acceptors (Lipinski definition) is 3. The molecule has 3 rings (SSSR count). The molecule has 6 heteroatoms. The first kappa shape index (κ1) is 14.6. The Hall–Kier alpha value is -2.37. The van der Waals surface area contributed by atoms with Gasteiger partial charge in [0.2, 0.25) is 5.91 Å². The van der Waals surface area contributed by atoms with E-state index >= 15 is 0 Å². The SMILES string of the molecule is CC(=O)N1CCN2C(=O)N([C@@H](C)c3ccccc3)C(=O)[C@H]2C1. The molecule has 2 fully saturated rings. The van der Waals surface area contributed by atoms with Crippen molar-refractivity contribution in [1.82, 2.24) is 14.7 Å². The average molecular weight is 301 g/mol. The van der Waals surface area contributed by atoms with Gasteiger partial charge in [-0.25, -0.2) is 4.79 Å². The zero-order chi connectivity index (χ0) is 15.9. The highest BCUT2D eigenvalue weighted by atomic mass is 16.2. The number of urea groups is 1. The Morgan fingerprint density at radius 3 is 2.50 bits per heavy atom. The van der Waals surface area contributed by atoms with Crippen LogP contribution in [0.5, 0.6) is 0 Å². The second-order valence-electron chi connectivity index (χ2n) is 5.75. The van der Waals surface area contributed by atoms with E-state index in [1.54, 1.807) is 9.80 Å². The van der Waals surface area contributed by atoms with E-state index in [0.717, 1.165) is 5.56 Å². The summed E-state index contributed by atoms with van der Waals surface area (Å²) in [7, 11) is 0. The van der Waals surface area contributed by atoms with Crippen molar-refractivity contribution >= 4 is 17.8 Å². The molecule has 1 aromatic carbocycles. The summed E-state index contributed by atoms with van der Waals surface area (Å²) in [5.41, 5.74) is 0.924. The molecule has 0 aliphatic carbocycles. The Labute approximate surface area is 129 Å². The maximum atomic E-state index is 12.7. The highest BCUT2D eigenvalue weighted by Gasteiger charge is 2.49. The van der Waals surface area contributed by atoms with Gasteiger partial charge in [-0.15, -0.1) is 0 Å². The third kappa shape index (κ3) is 2.24. The van der Waals surface area contributed by atoms with Gasteiger partial charge >= 0.3 is 6.03 Å². The van der Waals surface area contributed by atoms with Crippen LogP contribution in [0.15, 0.2) is 30.3 Å². The Morgan fingerprint density at radius 2 is 1.86 bits per heavy atom. The topological polar surface area (TPSA) is 60.9 Å². The summed E-state index contributed by atoms with van der Waals surface area (Å²) >= 11 is 0. The van der Waals surface area contributed by atoms with Crippen LogP contribution in [0, 0.1) is 0 Å². The summed E-state index contributed by atoms with van der Waals surface area (Å²) in [4.78, 5) is 41.3. The molecular weight excluding hydrogens is 282 g/mol. The van der Waals surface area contributed by atoms with Crippen LogP contribution in [0.1, 0.15) is 25.5 Å². The van der Waals surface area contributed by atoms with E-state index in [1.165, 1.54) is 11.8 Å². The van der Waals surface area contributed by atoms with Crippen LogP contribution in [0.4, 0.5) is 4.79 Å². The molecule has 1 aromatic rings. The predicted octanol–water partition coefficient (Wildman–Crippen LogP) is 1.24. The first-order chi connectivity index (χ1) is 10.5. The molecule has 2 aliphatic heterocycles. The molecule has 116 valence electrons. The number of nitrogens with zero attached hydrogens (tertiary/aromatic N) is 3. The number of benzene rings is 1. The lowest BCUT2D eigenvalue weighted by atomic mass is 10.1. The minimum atomic E-state index is -0.545. The minimum Gasteiger partial charge on any atom is -0.339 e. The number of rotatable bonds is 2. The monoisotopic (exact) mass is 301 g/mol. The van der Waals surface area contributed by atoms with Crippen molar-refractivity contribution in [2.75, 3.05) is 19.6 Å². The molecule has 2 saturated heterocycles. The Morgan fingerprint density at radius 1 is 1.18 bits per heavy atom. The molecule has 0 radical (unpaired) electrons. The molecule has 0 N–H and O–H groups in total. The molecule has 6 nitrogen and oxygen atoms in total. The van der Waals surface area contributed by atoms with Crippen molar-refractivity contribution in [3.8, 4) is 0 Å². The average Bonchev–Trinajstić information content (AvgIpc) is 2.78. The van der Waals surface area contributed by atoms with Crippen molar-refractivity contribution in [3.05, 3.63) is 35.9 Å². The molecule has 0 bridgehead atoms. The maximum absolute atomic E-state index is 12.7. The van der Waals surface area contributed by atoms with E-state index < -0.39 is 6.04 Å². The van der Waals surface area contributed by atoms with Crippen LogP contribution in [-0.4, -0.2) is 58.2 Å². The van der Waals surface area contributed by atoms with Gasteiger partial charge in [0.05, 0.1) is 12.6 Å². The van der Waals surface area contributed by atoms with Crippen LogP contribution in [0.3, 0.4) is 0 Å². The molecule has 2 atom stereocenters. The molecule has 22 heavy (non-hydrogen) atoms. The lowest BCUT2D eigenvalue weighted by molar-refractivity contribution is -0.135. The Balaban J connectivity index is 1.84. The molecule has 4 amide bonds. The summed E-state index contributed by atoms with van der Waals surface area (Å²) < 4.78 is 0. The van der Waals surface area contributed by atoms with Gasteiger partial charge in [0.1, 0.15) is 6.04 Å². The van der Waals surface area contributed by atoms with Gasteiger partial charge in [-0.05, 0) is 12.5 Å². The van der Waals surface area contributed by atoms with Gasteiger partial charge in [-0.2, -0.15) is 0 Å². The van der Waals surface area contributed by atoms with Gasteiger partial charge in [0.25, 0.3) is 5.91 Å². The Kier molecular flexibility index (Phi) is 3.60. The lowest BCUT2D eigenvalue weighted by Crippen LogP contribution is -2.54. The number of imide groups is 1.